The van der Waals surface area contributed by atoms with Gasteiger partial charge in [-0.25, -0.2) is 4.57 Å². The number of carbonyl (C=O) groups is 1. The van der Waals surface area contributed by atoms with Gasteiger partial charge in [0.1, 0.15) is 5.56 Å². The molecule has 2 aromatic carbocycles. The third-order valence-corrected chi connectivity index (χ3v) is 3.64. The topological polar surface area (TPSA) is 85.3 Å². The maximum atomic E-state index is 12.3. The lowest BCUT2D eigenvalue weighted by Gasteiger charge is -2.14. The summed E-state index contributed by atoms with van der Waals surface area (Å²) < 4.78 is 1.11. The van der Waals surface area contributed by atoms with Crippen LogP contribution in [0.2, 0.25) is 0 Å². The van der Waals surface area contributed by atoms with Crippen LogP contribution in [0.3, 0.4) is 0 Å². The highest BCUT2D eigenvalue weighted by atomic mass is 16.3. The van der Waals surface area contributed by atoms with Crippen molar-refractivity contribution >= 4 is 16.7 Å². The normalized spacial score (nSPS) is 10.8. The number of hydrogen-bond donors (Lipinski definition) is 2. The summed E-state index contributed by atoms with van der Waals surface area (Å²) in [6.45, 7) is 1.56. The summed E-state index contributed by atoms with van der Waals surface area (Å²) in [6.07, 6.45) is 0. The number of nitrogens with two attached hydrogens (primary N) is 1. The Balaban J connectivity index is 2.44. The van der Waals surface area contributed by atoms with E-state index in [1.807, 2.05) is 30.3 Å². The Hall–Kier alpha value is -3.08. The first-order valence-corrected chi connectivity index (χ1v) is 6.74. The number of amides is 1. The average molecular weight is 294 g/mol. The summed E-state index contributed by atoms with van der Waals surface area (Å²) >= 11 is 0. The van der Waals surface area contributed by atoms with Crippen LogP contribution in [0.15, 0.2) is 53.3 Å². The first kappa shape index (κ1) is 13.9. The molecule has 0 unspecified atom stereocenters. The van der Waals surface area contributed by atoms with Gasteiger partial charge in [-0.05, 0) is 23.9 Å². The molecule has 1 heterocycles. The van der Waals surface area contributed by atoms with E-state index in [0.29, 0.717) is 11.3 Å². The third kappa shape index (κ3) is 2.03. The van der Waals surface area contributed by atoms with Crippen molar-refractivity contribution in [3.05, 3.63) is 70.0 Å². The summed E-state index contributed by atoms with van der Waals surface area (Å²) in [7, 11) is 0. The van der Waals surface area contributed by atoms with Gasteiger partial charge in [0.2, 0.25) is 5.88 Å². The molecule has 0 aliphatic carbocycles. The van der Waals surface area contributed by atoms with Gasteiger partial charge >= 0.3 is 0 Å². The van der Waals surface area contributed by atoms with Gasteiger partial charge in [0.05, 0.1) is 5.69 Å². The quantitative estimate of drug-likeness (QED) is 0.759. The van der Waals surface area contributed by atoms with Gasteiger partial charge in [0.25, 0.3) is 11.5 Å². The number of nitrogens with zero attached hydrogens (tertiary/aromatic N) is 1. The van der Waals surface area contributed by atoms with Crippen molar-refractivity contribution in [2.24, 2.45) is 5.73 Å². The number of hydrogen-bond acceptors (Lipinski definition) is 3. The molecule has 1 aromatic heterocycles. The van der Waals surface area contributed by atoms with E-state index >= 15 is 0 Å². The smallest absolute Gasteiger partial charge is 0.258 e. The van der Waals surface area contributed by atoms with Crippen LogP contribution in [-0.4, -0.2) is 15.6 Å². The molecule has 0 saturated carbocycles. The van der Waals surface area contributed by atoms with Gasteiger partial charge < -0.3 is 10.8 Å². The van der Waals surface area contributed by atoms with Crippen molar-refractivity contribution in [2.75, 3.05) is 0 Å². The highest BCUT2D eigenvalue weighted by Crippen LogP contribution is 2.27. The number of benzene rings is 2. The van der Waals surface area contributed by atoms with Crippen molar-refractivity contribution in [2.45, 2.75) is 6.92 Å². The number of fused-ring (bicyclic) bond motifs is 1. The van der Waals surface area contributed by atoms with Crippen LogP contribution >= 0.6 is 0 Å². The molecule has 1 amide bonds. The summed E-state index contributed by atoms with van der Waals surface area (Å²) in [4.78, 5) is 23.9. The van der Waals surface area contributed by atoms with Gasteiger partial charge in [0, 0.05) is 11.5 Å². The Morgan fingerprint density at radius 1 is 1.14 bits per heavy atom. The second kappa shape index (κ2) is 5.04. The molecule has 5 nitrogen and oxygen atoms in total. The number of aromatic hydroxyl groups is 1. The van der Waals surface area contributed by atoms with Crippen LogP contribution < -0.4 is 11.3 Å². The van der Waals surface area contributed by atoms with Crippen LogP contribution in [-0.2, 0) is 0 Å². The number of pyridine rings is 1. The Labute approximate surface area is 126 Å². The van der Waals surface area contributed by atoms with E-state index in [2.05, 4.69) is 0 Å². The number of aromatic nitrogens is 1. The first-order valence-electron chi connectivity index (χ1n) is 6.74. The minimum absolute atomic E-state index is 0.0486. The molecule has 0 fully saturated rings. The maximum Gasteiger partial charge on any atom is 0.258 e. The van der Waals surface area contributed by atoms with Crippen molar-refractivity contribution in [3.63, 3.8) is 0 Å². The second-order valence-corrected chi connectivity index (χ2v) is 5.06. The van der Waals surface area contributed by atoms with Gasteiger partial charge in [-0.2, -0.15) is 0 Å². The van der Waals surface area contributed by atoms with E-state index in [9.17, 15) is 14.7 Å². The van der Waals surface area contributed by atoms with Gasteiger partial charge in [-0.1, -0.05) is 36.4 Å². The second-order valence-electron chi connectivity index (χ2n) is 5.06. The Bertz CT molecular complexity index is 953. The Kier molecular flexibility index (Phi) is 3.18. The fourth-order valence-corrected chi connectivity index (χ4v) is 2.66. The molecule has 0 bridgehead atoms. The van der Waals surface area contributed by atoms with Crippen molar-refractivity contribution < 1.29 is 9.90 Å². The number of carbonyl (C=O) groups excluding carboxylic acids is 1. The van der Waals surface area contributed by atoms with E-state index in [4.69, 9.17) is 5.73 Å². The fourth-order valence-electron chi connectivity index (χ4n) is 2.66. The first-order chi connectivity index (χ1) is 10.5. The number of primary amides is 1. The molecule has 110 valence electrons. The van der Waals surface area contributed by atoms with E-state index in [0.717, 1.165) is 15.3 Å². The van der Waals surface area contributed by atoms with E-state index in [1.165, 1.54) is 6.07 Å². The maximum absolute atomic E-state index is 12.3. The van der Waals surface area contributed by atoms with Crippen LogP contribution in [0.1, 0.15) is 15.9 Å². The summed E-state index contributed by atoms with van der Waals surface area (Å²) in [5, 5.41) is 12.1. The van der Waals surface area contributed by atoms with E-state index in [-0.39, 0.29) is 5.56 Å². The molecular formula is C17H14N2O3. The predicted molar refractivity (Wildman–Crippen MR) is 84.5 cm³/mol. The minimum Gasteiger partial charge on any atom is -0.494 e. The third-order valence-electron chi connectivity index (χ3n) is 3.64. The monoisotopic (exact) mass is 294 g/mol. The fraction of sp³-hybridized carbons (Fsp3) is 0.0588. The number of aryl methyl sites for hydroxylation is 1. The summed E-state index contributed by atoms with van der Waals surface area (Å²) in [5.74, 6) is -1.21. The van der Waals surface area contributed by atoms with Gasteiger partial charge in [-0.15, -0.1) is 0 Å². The molecule has 22 heavy (non-hydrogen) atoms. The molecule has 0 atom stereocenters. The SMILES string of the molecule is Cc1cc(=O)n(-c2cccc3ccccc23)c(O)c1C(N)=O. The van der Waals surface area contributed by atoms with E-state index < -0.39 is 17.3 Å². The average Bonchev–Trinajstić information content (AvgIpc) is 2.46. The van der Waals surface area contributed by atoms with Crippen molar-refractivity contribution in [1.29, 1.82) is 0 Å². The zero-order chi connectivity index (χ0) is 15.9. The van der Waals surface area contributed by atoms with Crippen molar-refractivity contribution in [1.82, 2.24) is 4.57 Å². The summed E-state index contributed by atoms with van der Waals surface area (Å²) in [5.41, 5.74) is 5.70. The largest absolute Gasteiger partial charge is 0.494 e. The van der Waals surface area contributed by atoms with Crippen LogP contribution in [0.5, 0.6) is 5.88 Å². The molecule has 0 aliphatic heterocycles. The molecule has 5 heteroatoms. The molecule has 3 aromatic rings. The molecule has 3 rings (SSSR count). The lowest BCUT2D eigenvalue weighted by atomic mass is 10.1. The summed E-state index contributed by atoms with van der Waals surface area (Å²) in [6, 6.07) is 14.2. The van der Waals surface area contributed by atoms with Crippen LogP contribution in [0.4, 0.5) is 0 Å². The molecular weight excluding hydrogens is 280 g/mol. The number of rotatable bonds is 2. The Morgan fingerprint density at radius 2 is 1.82 bits per heavy atom. The lowest BCUT2D eigenvalue weighted by molar-refractivity contribution is 0.0996. The standard InChI is InChI=1S/C17H14N2O3/c1-10-9-14(20)19(17(22)15(10)16(18)21)13-8-4-6-11-5-2-3-7-12(11)13/h2-9,22H,1H3,(H2,18,21). The lowest BCUT2D eigenvalue weighted by Crippen LogP contribution is -2.23. The molecule has 0 spiro atoms. The molecule has 0 saturated heterocycles. The zero-order valence-corrected chi connectivity index (χ0v) is 11.9. The highest BCUT2D eigenvalue weighted by Gasteiger charge is 2.19. The van der Waals surface area contributed by atoms with Gasteiger partial charge in [-0.3, -0.25) is 9.59 Å². The van der Waals surface area contributed by atoms with Crippen molar-refractivity contribution in [3.8, 4) is 11.6 Å². The molecule has 0 radical (unpaired) electrons. The Morgan fingerprint density at radius 3 is 2.55 bits per heavy atom. The molecule has 3 N–H and O–H groups in total. The van der Waals surface area contributed by atoms with Crippen LogP contribution in [0.25, 0.3) is 16.5 Å². The zero-order valence-electron chi connectivity index (χ0n) is 11.9. The highest BCUT2D eigenvalue weighted by molar-refractivity contribution is 5.97. The van der Waals surface area contributed by atoms with Gasteiger partial charge in [0.15, 0.2) is 0 Å². The van der Waals surface area contributed by atoms with Crippen LogP contribution in [0, 0.1) is 6.92 Å². The predicted octanol–water partition coefficient (Wildman–Crippen LogP) is 2.10. The molecule has 0 aliphatic rings. The van der Waals surface area contributed by atoms with E-state index in [1.54, 1.807) is 19.1 Å². The minimum atomic E-state index is -0.774.